The third-order valence-corrected chi connectivity index (χ3v) is 6.55. The van der Waals surface area contributed by atoms with Gasteiger partial charge in [0.25, 0.3) is 0 Å². The summed E-state index contributed by atoms with van der Waals surface area (Å²) < 4.78 is 3.24. The zero-order valence-electron chi connectivity index (χ0n) is 14.4. The number of rotatable bonds is 2. The van der Waals surface area contributed by atoms with Crippen molar-refractivity contribution in [1.29, 1.82) is 0 Å². The van der Waals surface area contributed by atoms with Gasteiger partial charge >= 0.3 is 0 Å². The summed E-state index contributed by atoms with van der Waals surface area (Å²) in [6, 6.07) is 0.469. The quantitative estimate of drug-likeness (QED) is 0.482. The van der Waals surface area contributed by atoms with Crippen LogP contribution in [-0.2, 0) is 9.59 Å². The monoisotopic (exact) mass is 487 g/mol. The van der Waals surface area contributed by atoms with E-state index in [2.05, 4.69) is 43.3 Å². The molecule has 0 N–H and O–H groups in total. The minimum absolute atomic E-state index is 0.0176. The maximum atomic E-state index is 12.3. The van der Waals surface area contributed by atoms with E-state index in [1.807, 2.05) is 0 Å². The SMILES string of the molecule is CN1CC(=O)N([C@H]2CC[C@@H](n3cc(I)c4c(Cl)ncnc43)CC2)CC1=O. The Balaban J connectivity index is 1.50. The molecule has 0 spiro atoms. The molecule has 1 saturated heterocycles. The van der Waals surface area contributed by atoms with Crippen molar-refractivity contribution in [2.45, 2.75) is 37.8 Å². The lowest BCUT2D eigenvalue weighted by Crippen LogP contribution is -2.56. The predicted octanol–water partition coefficient (Wildman–Crippen LogP) is 2.47. The van der Waals surface area contributed by atoms with Crippen molar-refractivity contribution in [3.05, 3.63) is 21.2 Å². The van der Waals surface area contributed by atoms with Gasteiger partial charge in [-0.1, -0.05) is 11.6 Å². The molecule has 1 saturated carbocycles. The largest absolute Gasteiger partial charge is 0.335 e. The van der Waals surface area contributed by atoms with Gasteiger partial charge in [0.2, 0.25) is 11.8 Å². The Hall–Kier alpha value is -1.42. The summed E-state index contributed by atoms with van der Waals surface area (Å²) in [6.07, 6.45) is 7.25. The first-order chi connectivity index (χ1) is 12.5. The molecule has 1 aliphatic carbocycles. The Morgan fingerprint density at radius 2 is 1.77 bits per heavy atom. The summed E-state index contributed by atoms with van der Waals surface area (Å²) in [4.78, 5) is 36.0. The lowest BCUT2D eigenvalue weighted by Gasteiger charge is -2.40. The highest BCUT2D eigenvalue weighted by atomic mass is 127. The molecule has 7 nitrogen and oxygen atoms in total. The number of halogens is 2. The minimum atomic E-state index is 0.0176. The summed E-state index contributed by atoms with van der Waals surface area (Å²) in [7, 11) is 1.68. The average molecular weight is 488 g/mol. The summed E-state index contributed by atoms with van der Waals surface area (Å²) in [5.41, 5.74) is 0.865. The van der Waals surface area contributed by atoms with Gasteiger partial charge in [0.05, 0.1) is 11.9 Å². The van der Waals surface area contributed by atoms with E-state index in [0.29, 0.717) is 11.2 Å². The van der Waals surface area contributed by atoms with Crippen LogP contribution in [0.2, 0.25) is 5.15 Å². The molecule has 138 valence electrons. The van der Waals surface area contributed by atoms with E-state index in [9.17, 15) is 9.59 Å². The fourth-order valence-electron chi connectivity index (χ4n) is 4.00. The molecule has 4 rings (SSSR count). The second-order valence-corrected chi connectivity index (χ2v) is 8.50. The third-order valence-electron chi connectivity index (χ3n) is 5.44. The Bertz CT molecular complexity index is 877. The molecule has 26 heavy (non-hydrogen) atoms. The Labute approximate surface area is 169 Å². The number of amides is 2. The third kappa shape index (κ3) is 3.06. The van der Waals surface area contributed by atoms with Gasteiger partial charge in [-0.05, 0) is 48.3 Å². The summed E-state index contributed by atoms with van der Waals surface area (Å²) in [5, 5.41) is 1.38. The standard InChI is InChI=1S/C17H19ClIN5O2/c1-22-7-14(26)23(8-13(22)25)10-2-4-11(5-3-10)24-6-12(19)15-16(18)20-9-21-17(15)24/h6,9-11H,2-5,7-8H2,1H3/t10-,11+. The number of likely N-dealkylation sites (N-methyl/N-ethyl adjacent to an activating group) is 1. The van der Waals surface area contributed by atoms with Crippen molar-refractivity contribution in [1.82, 2.24) is 24.3 Å². The zero-order valence-corrected chi connectivity index (χ0v) is 17.3. The van der Waals surface area contributed by atoms with E-state index in [0.717, 1.165) is 40.3 Å². The van der Waals surface area contributed by atoms with E-state index in [1.54, 1.807) is 11.9 Å². The van der Waals surface area contributed by atoms with Gasteiger partial charge in [-0.3, -0.25) is 9.59 Å². The second-order valence-electron chi connectivity index (χ2n) is 6.98. The number of fused-ring (bicyclic) bond motifs is 1. The van der Waals surface area contributed by atoms with Crippen LogP contribution in [0.4, 0.5) is 0 Å². The molecule has 0 unspecified atom stereocenters. The van der Waals surface area contributed by atoms with Crippen LogP contribution in [0.5, 0.6) is 0 Å². The second kappa shape index (κ2) is 6.95. The van der Waals surface area contributed by atoms with Crippen LogP contribution in [0.3, 0.4) is 0 Å². The van der Waals surface area contributed by atoms with Crippen molar-refractivity contribution in [2.24, 2.45) is 0 Å². The van der Waals surface area contributed by atoms with Crippen LogP contribution in [0.15, 0.2) is 12.5 Å². The van der Waals surface area contributed by atoms with E-state index >= 15 is 0 Å². The van der Waals surface area contributed by atoms with Gasteiger partial charge in [-0.15, -0.1) is 0 Å². The minimum Gasteiger partial charge on any atom is -0.335 e. The first-order valence-electron chi connectivity index (χ1n) is 8.65. The number of hydrogen-bond acceptors (Lipinski definition) is 4. The molecule has 2 aromatic heterocycles. The number of carbonyl (C=O) groups is 2. The zero-order chi connectivity index (χ0) is 18.4. The first kappa shape index (κ1) is 18.0. The van der Waals surface area contributed by atoms with Crippen LogP contribution in [0, 0.1) is 3.57 Å². The molecule has 0 atom stereocenters. The van der Waals surface area contributed by atoms with Crippen LogP contribution in [0.25, 0.3) is 11.0 Å². The van der Waals surface area contributed by atoms with Crippen molar-refractivity contribution < 1.29 is 9.59 Å². The molecule has 0 bridgehead atoms. The molecule has 0 radical (unpaired) electrons. The topological polar surface area (TPSA) is 71.3 Å². The molecule has 9 heteroatoms. The van der Waals surface area contributed by atoms with Gasteiger partial charge in [-0.2, -0.15) is 0 Å². The van der Waals surface area contributed by atoms with E-state index in [1.165, 1.54) is 11.2 Å². The van der Waals surface area contributed by atoms with Crippen LogP contribution in [-0.4, -0.2) is 62.3 Å². The number of carbonyl (C=O) groups excluding carboxylic acids is 2. The van der Waals surface area contributed by atoms with E-state index < -0.39 is 0 Å². The highest BCUT2D eigenvalue weighted by Gasteiger charge is 2.35. The number of aromatic nitrogens is 3. The maximum Gasteiger partial charge on any atom is 0.242 e. The molecule has 2 amide bonds. The fraction of sp³-hybridized carbons (Fsp3) is 0.529. The average Bonchev–Trinajstić information content (AvgIpc) is 2.96. The van der Waals surface area contributed by atoms with Crippen molar-refractivity contribution in [3.8, 4) is 0 Å². The van der Waals surface area contributed by atoms with Crippen molar-refractivity contribution in [3.63, 3.8) is 0 Å². The summed E-state index contributed by atoms with van der Waals surface area (Å²) in [6.45, 7) is 0.395. The van der Waals surface area contributed by atoms with Gasteiger partial charge < -0.3 is 14.4 Å². The fourth-order valence-corrected chi connectivity index (χ4v) is 5.19. The van der Waals surface area contributed by atoms with Crippen molar-refractivity contribution in [2.75, 3.05) is 20.1 Å². The molecule has 2 fully saturated rings. The number of hydrogen-bond donors (Lipinski definition) is 0. The summed E-state index contributed by atoms with van der Waals surface area (Å²) in [5.74, 6) is 0.0695. The van der Waals surface area contributed by atoms with Gasteiger partial charge in [-0.25, -0.2) is 9.97 Å². The van der Waals surface area contributed by atoms with Gasteiger partial charge in [0, 0.05) is 28.9 Å². The Morgan fingerprint density at radius 3 is 2.50 bits per heavy atom. The molecular weight excluding hydrogens is 469 g/mol. The van der Waals surface area contributed by atoms with Gasteiger partial charge in [0.15, 0.2) is 0 Å². The Morgan fingerprint density at radius 1 is 1.08 bits per heavy atom. The smallest absolute Gasteiger partial charge is 0.242 e. The predicted molar refractivity (Wildman–Crippen MR) is 106 cm³/mol. The van der Waals surface area contributed by atoms with Crippen LogP contribution >= 0.6 is 34.2 Å². The maximum absolute atomic E-state index is 12.3. The Kier molecular flexibility index (Phi) is 4.81. The molecule has 0 aromatic carbocycles. The van der Waals surface area contributed by atoms with E-state index in [4.69, 9.17) is 11.6 Å². The van der Waals surface area contributed by atoms with Crippen LogP contribution in [0.1, 0.15) is 31.7 Å². The lowest BCUT2D eigenvalue weighted by molar-refractivity contribution is -0.151. The van der Waals surface area contributed by atoms with E-state index in [-0.39, 0.29) is 30.9 Å². The number of piperazine rings is 1. The molecule has 1 aliphatic heterocycles. The lowest BCUT2D eigenvalue weighted by atomic mass is 9.89. The first-order valence-corrected chi connectivity index (χ1v) is 10.1. The molecule has 3 heterocycles. The number of nitrogens with zero attached hydrogens (tertiary/aromatic N) is 5. The molecule has 2 aromatic rings. The normalized spacial score (nSPS) is 24.6. The van der Waals surface area contributed by atoms with Crippen LogP contribution < -0.4 is 0 Å². The van der Waals surface area contributed by atoms with Crippen molar-refractivity contribution >= 4 is 57.0 Å². The highest BCUT2D eigenvalue weighted by Crippen LogP contribution is 2.36. The molecular formula is C17H19ClIN5O2. The molecule has 2 aliphatic rings. The summed E-state index contributed by atoms with van der Waals surface area (Å²) >= 11 is 8.50. The van der Waals surface area contributed by atoms with Gasteiger partial charge in [0.1, 0.15) is 23.7 Å². The highest BCUT2D eigenvalue weighted by molar-refractivity contribution is 14.1.